The highest BCUT2D eigenvalue weighted by molar-refractivity contribution is 5.43. The number of methoxy groups -OCH3 is 1. The van der Waals surface area contributed by atoms with E-state index in [9.17, 15) is 0 Å². The molecule has 2 rings (SSSR count). The van der Waals surface area contributed by atoms with Crippen molar-refractivity contribution in [3.63, 3.8) is 0 Å². The molecule has 5 heteroatoms. The third-order valence-corrected chi connectivity index (χ3v) is 4.56. The normalized spacial score (nSPS) is 16.5. The molecule has 1 aliphatic rings. The summed E-state index contributed by atoms with van der Waals surface area (Å²) in [4.78, 5) is 7.07. The lowest BCUT2D eigenvalue weighted by atomic mass is 10.1. The molecular formula is C19H33N3O2. The highest BCUT2D eigenvalue weighted by Gasteiger charge is 2.13. The summed E-state index contributed by atoms with van der Waals surface area (Å²) < 4.78 is 11.3. The maximum absolute atomic E-state index is 5.82. The van der Waals surface area contributed by atoms with Crippen molar-refractivity contribution in [1.29, 1.82) is 0 Å². The van der Waals surface area contributed by atoms with Crippen LogP contribution in [0.15, 0.2) is 18.2 Å². The Hall–Kier alpha value is -1.30. The Labute approximate surface area is 147 Å². The Bertz CT molecular complexity index is 486. The van der Waals surface area contributed by atoms with Gasteiger partial charge in [0.15, 0.2) is 11.5 Å². The number of hydrogen-bond donors (Lipinski definition) is 0. The molecule has 0 spiro atoms. The minimum atomic E-state index is 0.673. The molecular weight excluding hydrogens is 302 g/mol. The van der Waals surface area contributed by atoms with Gasteiger partial charge in [-0.05, 0) is 58.2 Å². The third-order valence-electron chi connectivity index (χ3n) is 4.56. The van der Waals surface area contributed by atoms with Crippen LogP contribution in [0.5, 0.6) is 11.5 Å². The number of piperazine rings is 1. The minimum absolute atomic E-state index is 0.673. The number of aryl methyl sites for hydroxylation is 1. The van der Waals surface area contributed by atoms with Gasteiger partial charge in [0.05, 0.1) is 7.11 Å². The highest BCUT2D eigenvalue weighted by atomic mass is 16.5. The molecule has 0 N–H and O–H groups in total. The van der Waals surface area contributed by atoms with Crippen molar-refractivity contribution >= 4 is 0 Å². The molecule has 0 amide bonds. The van der Waals surface area contributed by atoms with Crippen molar-refractivity contribution in [3.05, 3.63) is 23.8 Å². The van der Waals surface area contributed by atoms with Gasteiger partial charge in [-0.1, -0.05) is 6.07 Å². The van der Waals surface area contributed by atoms with E-state index in [0.717, 1.165) is 24.5 Å². The lowest BCUT2D eigenvalue weighted by Crippen LogP contribution is -2.44. The van der Waals surface area contributed by atoms with Gasteiger partial charge in [0.1, 0.15) is 6.61 Å². The molecule has 0 atom stereocenters. The van der Waals surface area contributed by atoms with Gasteiger partial charge >= 0.3 is 0 Å². The van der Waals surface area contributed by atoms with Crippen LogP contribution in [0.1, 0.15) is 12.0 Å². The second-order valence-electron chi connectivity index (χ2n) is 6.89. The standard InChI is InChI=1S/C19H33N3O2/c1-20(2)14-15-24-18-8-7-17(16-19(18)23-4)6-5-9-22-12-10-21(3)11-13-22/h7-8,16H,5-6,9-15H2,1-4H3. The average molecular weight is 335 g/mol. The van der Waals surface area contributed by atoms with Crippen LogP contribution in [0.3, 0.4) is 0 Å². The molecule has 0 aromatic heterocycles. The first-order valence-electron chi connectivity index (χ1n) is 8.94. The maximum Gasteiger partial charge on any atom is 0.161 e. The summed E-state index contributed by atoms with van der Waals surface area (Å²) in [6.45, 7) is 7.51. The van der Waals surface area contributed by atoms with Gasteiger partial charge in [-0.15, -0.1) is 0 Å². The number of nitrogens with zero attached hydrogens (tertiary/aromatic N) is 3. The minimum Gasteiger partial charge on any atom is -0.493 e. The van der Waals surface area contributed by atoms with Crippen molar-refractivity contribution in [2.45, 2.75) is 12.8 Å². The molecule has 1 aromatic carbocycles. The highest BCUT2D eigenvalue weighted by Crippen LogP contribution is 2.28. The van der Waals surface area contributed by atoms with E-state index in [0.29, 0.717) is 6.61 Å². The molecule has 0 unspecified atom stereocenters. The summed E-state index contributed by atoms with van der Waals surface area (Å²) in [7, 11) is 8.00. The Kier molecular flexibility index (Phi) is 7.82. The predicted molar refractivity (Wildman–Crippen MR) is 99.3 cm³/mol. The van der Waals surface area contributed by atoms with E-state index in [1.54, 1.807) is 7.11 Å². The zero-order chi connectivity index (χ0) is 17.4. The van der Waals surface area contributed by atoms with Gasteiger partial charge in [-0.25, -0.2) is 0 Å². The first-order chi connectivity index (χ1) is 11.6. The van der Waals surface area contributed by atoms with Crippen molar-refractivity contribution < 1.29 is 9.47 Å². The van der Waals surface area contributed by atoms with Crippen molar-refractivity contribution in [2.24, 2.45) is 0 Å². The van der Waals surface area contributed by atoms with Gasteiger partial charge in [-0.3, -0.25) is 0 Å². The molecule has 136 valence electrons. The van der Waals surface area contributed by atoms with Gasteiger partial charge in [0.2, 0.25) is 0 Å². The first-order valence-corrected chi connectivity index (χ1v) is 8.94. The fourth-order valence-electron chi connectivity index (χ4n) is 2.90. The fourth-order valence-corrected chi connectivity index (χ4v) is 2.90. The van der Waals surface area contributed by atoms with Crippen LogP contribution < -0.4 is 9.47 Å². The van der Waals surface area contributed by atoms with Gasteiger partial charge in [0, 0.05) is 32.7 Å². The van der Waals surface area contributed by atoms with E-state index in [1.165, 1.54) is 44.7 Å². The largest absolute Gasteiger partial charge is 0.493 e. The Morgan fingerprint density at radius 2 is 1.83 bits per heavy atom. The zero-order valence-electron chi connectivity index (χ0n) is 15.8. The topological polar surface area (TPSA) is 28.2 Å². The summed E-state index contributed by atoms with van der Waals surface area (Å²) >= 11 is 0. The Morgan fingerprint density at radius 1 is 1.08 bits per heavy atom. The van der Waals surface area contributed by atoms with Crippen LogP contribution in [-0.4, -0.2) is 88.8 Å². The van der Waals surface area contributed by atoms with Crippen LogP contribution in [0, 0.1) is 0 Å². The molecule has 1 fully saturated rings. The fraction of sp³-hybridized carbons (Fsp3) is 0.684. The molecule has 0 radical (unpaired) electrons. The molecule has 0 saturated carbocycles. The van der Waals surface area contributed by atoms with Crippen LogP contribution in [0.25, 0.3) is 0 Å². The zero-order valence-corrected chi connectivity index (χ0v) is 15.8. The molecule has 1 aliphatic heterocycles. The first kappa shape index (κ1) is 19.0. The monoisotopic (exact) mass is 335 g/mol. The number of rotatable bonds is 9. The van der Waals surface area contributed by atoms with Crippen LogP contribution in [0.2, 0.25) is 0 Å². The van der Waals surface area contributed by atoms with E-state index in [2.05, 4.69) is 33.9 Å². The molecule has 1 saturated heterocycles. The summed E-state index contributed by atoms with van der Waals surface area (Å²) in [5, 5.41) is 0. The smallest absolute Gasteiger partial charge is 0.161 e. The molecule has 24 heavy (non-hydrogen) atoms. The molecule has 1 heterocycles. The van der Waals surface area contributed by atoms with Crippen molar-refractivity contribution in [2.75, 3.05) is 74.1 Å². The second kappa shape index (κ2) is 9.87. The number of likely N-dealkylation sites (N-methyl/N-ethyl adjacent to an activating group) is 2. The summed E-state index contributed by atoms with van der Waals surface area (Å²) in [5.41, 5.74) is 1.32. The Morgan fingerprint density at radius 3 is 2.50 bits per heavy atom. The van der Waals surface area contributed by atoms with Gasteiger partial charge < -0.3 is 24.2 Å². The van der Waals surface area contributed by atoms with Crippen LogP contribution in [-0.2, 0) is 6.42 Å². The van der Waals surface area contributed by atoms with Crippen LogP contribution in [0.4, 0.5) is 0 Å². The molecule has 0 aliphatic carbocycles. The van der Waals surface area contributed by atoms with Crippen LogP contribution >= 0.6 is 0 Å². The summed E-state index contributed by atoms with van der Waals surface area (Å²) in [6.07, 6.45) is 2.27. The van der Waals surface area contributed by atoms with E-state index < -0.39 is 0 Å². The van der Waals surface area contributed by atoms with Gasteiger partial charge in [0.25, 0.3) is 0 Å². The van der Waals surface area contributed by atoms with Crippen molar-refractivity contribution in [3.8, 4) is 11.5 Å². The Balaban J connectivity index is 1.78. The number of benzene rings is 1. The van der Waals surface area contributed by atoms with Gasteiger partial charge in [-0.2, -0.15) is 0 Å². The van der Waals surface area contributed by atoms with E-state index in [4.69, 9.17) is 9.47 Å². The molecule has 5 nitrogen and oxygen atoms in total. The number of hydrogen-bond acceptors (Lipinski definition) is 5. The SMILES string of the molecule is COc1cc(CCCN2CCN(C)CC2)ccc1OCCN(C)C. The summed E-state index contributed by atoms with van der Waals surface area (Å²) in [6, 6.07) is 6.33. The maximum atomic E-state index is 5.82. The lowest BCUT2D eigenvalue weighted by Gasteiger charge is -2.32. The lowest BCUT2D eigenvalue weighted by molar-refractivity contribution is 0.153. The second-order valence-corrected chi connectivity index (χ2v) is 6.89. The average Bonchev–Trinajstić information content (AvgIpc) is 2.57. The number of ether oxygens (including phenoxy) is 2. The molecule has 1 aromatic rings. The van der Waals surface area contributed by atoms with E-state index in [-0.39, 0.29) is 0 Å². The summed E-state index contributed by atoms with van der Waals surface area (Å²) in [5.74, 6) is 1.67. The quantitative estimate of drug-likeness (QED) is 0.686. The third kappa shape index (κ3) is 6.30. The predicted octanol–water partition coefficient (Wildman–Crippen LogP) is 1.82. The van der Waals surface area contributed by atoms with E-state index >= 15 is 0 Å². The molecule has 0 bridgehead atoms. The van der Waals surface area contributed by atoms with Crippen molar-refractivity contribution in [1.82, 2.24) is 14.7 Å². The van der Waals surface area contributed by atoms with E-state index in [1.807, 2.05) is 20.2 Å².